The van der Waals surface area contributed by atoms with Gasteiger partial charge in [0.05, 0.1) is 0 Å². The SMILES string of the molecule is CC(=O)O[C@H]1CC[C@@]2(C)C(=C[C@@H](C)C3C2CC[C@]2(C)C(=O)CCC32)C1. The standard InChI is InChI=1S/C22H32O3/c1-13-11-15-12-16(25-14(2)23)7-9-21(15,3)18-8-10-22(4)17(20(13)18)5-6-19(22)24/h11,13,16-18,20H,5-10,12H2,1-4H3/t13-,16+,17?,18?,20?,21+,22+/m1/s1. The summed E-state index contributed by atoms with van der Waals surface area (Å²) in [5.74, 6) is 2.78. The zero-order chi connectivity index (χ0) is 18.0. The van der Waals surface area contributed by atoms with Gasteiger partial charge in [-0.25, -0.2) is 0 Å². The molecule has 4 aliphatic rings. The minimum Gasteiger partial charge on any atom is -0.462 e. The summed E-state index contributed by atoms with van der Waals surface area (Å²) in [4.78, 5) is 23.9. The van der Waals surface area contributed by atoms with Crippen molar-refractivity contribution in [2.75, 3.05) is 0 Å². The summed E-state index contributed by atoms with van der Waals surface area (Å²) in [5, 5.41) is 0. The molecule has 0 aromatic heterocycles. The molecule has 25 heavy (non-hydrogen) atoms. The van der Waals surface area contributed by atoms with Crippen LogP contribution in [0.3, 0.4) is 0 Å². The van der Waals surface area contributed by atoms with Crippen LogP contribution >= 0.6 is 0 Å². The second kappa shape index (κ2) is 5.69. The number of rotatable bonds is 1. The molecule has 0 heterocycles. The summed E-state index contributed by atoms with van der Waals surface area (Å²) < 4.78 is 5.53. The minimum atomic E-state index is -0.158. The molecule has 0 saturated heterocycles. The van der Waals surface area contributed by atoms with Gasteiger partial charge >= 0.3 is 5.97 Å². The van der Waals surface area contributed by atoms with E-state index in [1.807, 2.05) is 0 Å². The van der Waals surface area contributed by atoms with Crippen molar-refractivity contribution in [1.82, 2.24) is 0 Å². The molecule has 0 aromatic rings. The number of allylic oxidation sites excluding steroid dienone is 1. The Hall–Kier alpha value is -1.12. The number of hydrogen-bond acceptors (Lipinski definition) is 3. The second-order valence-corrected chi connectivity index (χ2v) is 9.65. The fourth-order valence-corrected chi connectivity index (χ4v) is 7.09. The van der Waals surface area contributed by atoms with Crippen molar-refractivity contribution in [3.8, 4) is 0 Å². The Bertz CT molecular complexity index is 635. The van der Waals surface area contributed by atoms with Crippen molar-refractivity contribution in [3.05, 3.63) is 11.6 Å². The number of ether oxygens (including phenoxy) is 1. The molecule has 0 radical (unpaired) electrons. The van der Waals surface area contributed by atoms with Gasteiger partial charge in [-0.05, 0) is 61.2 Å². The third-order valence-electron chi connectivity index (χ3n) is 8.43. The molecule has 3 heteroatoms. The maximum atomic E-state index is 12.6. The molecule has 7 atom stereocenters. The van der Waals surface area contributed by atoms with Crippen LogP contribution in [-0.4, -0.2) is 17.9 Å². The van der Waals surface area contributed by atoms with Gasteiger partial charge in [0, 0.05) is 25.2 Å². The summed E-state index contributed by atoms with van der Waals surface area (Å²) in [6, 6.07) is 0. The number of Topliss-reactive ketones (excluding diaryl/α,β-unsaturated/α-hetero) is 1. The van der Waals surface area contributed by atoms with Gasteiger partial charge in [-0.3, -0.25) is 9.59 Å². The van der Waals surface area contributed by atoms with E-state index in [0.29, 0.717) is 29.5 Å². The molecule has 3 fully saturated rings. The molecule has 3 unspecified atom stereocenters. The number of hydrogen-bond donors (Lipinski definition) is 0. The molecule has 4 rings (SSSR count). The van der Waals surface area contributed by atoms with E-state index in [4.69, 9.17) is 4.74 Å². The Morgan fingerprint density at radius 1 is 1.12 bits per heavy atom. The van der Waals surface area contributed by atoms with Gasteiger partial charge in [-0.2, -0.15) is 0 Å². The highest BCUT2D eigenvalue weighted by Gasteiger charge is 2.60. The molecule has 3 saturated carbocycles. The lowest BCUT2D eigenvalue weighted by atomic mass is 9.46. The summed E-state index contributed by atoms with van der Waals surface area (Å²) in [5.41, 5.74) is 1.69. The number of carbonyl (C=O) groups excluding carboxylic acids is 2. The lowest BCUT2D eigenvalue weighted by molar-refractivity contribution is -0.149. The van der Waals surface area contributed by atoms with Crippen molar-refractivity contribution in [1.29, 1.82) is 0 Å². The normalized spacial score (nSPS) is 48.9. The van der Waals surface area contributed by atoms with Gasteiger partial charge in [0.2, 0.25) is 0 Å². The Labute approximate surface area is 151 Å². The van der Waals surface area contributed by atoms with Gasteiger partial charge in [0.25, 0.3) is 0 Å². The number of ketones is 1. The van der Waals surface area contributed by atoms with Crippen LogP contribution in [0.4, 0.5) is 0 Å². The fourth-order valence-electron chi connectivity index (χ4n) is 7.09. The highest BCUT2D eigenvalue weighted by Crippen LogP contribution is 2.65. The van der Waals surface area contributed by atoms with E-state index in [1.165, 1.54) is 18.9 Å². The quantitative estimate of drug-likeness (QED) is 0.512. The van der Waals surface area contributed by atoms with E-state index in [0.717, 1.165) is 38.5 Å². The van der Waals surface area contributed by atoms with Crippen LogP contribution in [0, 0.1) is 34.5 Å². The van der Waals surface area contributed by atoms with Crippen molar-refractivity contribution >= 4 is 11.8 Å². The van der Waals surface area contributed by atoms with Crippen LogP contribution in [0.5, 0.6) is 0 Å². The average Bonchev–Trinajstić information content (AvgIpc) is 2.84. The van der Waals surface area contributed by atoms with E-state index in [9.17, 15) is 9.59 Å². The van der Waals surface area contributed by atoms with Crippen molar-refractivity contribution in [2.45, 2.75) is 78.7 Å². The molecule has 0 amide bonds. The number of carbonyl (C=O) groups is 2. The van der Waals surface area contributed by atoms with Crippen LogP contribution in [0.2, 0.25) is 0 Å². The Balaban J connectivity index is 1.65. The molecular weight excluding hydrogens is 312 g/mol. The van der Waals surface area contributed by atoms with E-state index in [2.05, 4.69) is 26.8 Å². The maximum absolute atomic E-state index is 12.6. The third-order valence-corrected chi connectivity index (χ3v) is 8.43. The third kappa shape index (κ3) is 2.44. The molecular formula is C22H32O3. The molecule has 0 spiro atoms. The smallest absolute Gasteiger partial charge is 0.302 e. The van der Waals surface area contributed by atoms with Crippen LogP contribution < -0.4 is 0 Å². The molecule has 4 aliphatic carbocycles. The minimum absolute atomic E-state index is 0.0579. The van der Waals surface area contributed by atoms with E-state index >= 15 is 0 Å². The molecule has 0 N–H and O–H groups in total. The molecule has 3 nitrogen and oxygen atoms in total. The summed E-state index contributed by atoms with van der Waals surface area (Å²) >= 11 is 0. The Morgan fingerprint density at radius 3 is 2.52 bits per heavy atom. The zero-order valence-electron chi connectivity index (χ0n) is 16.1. The van der Waals surface area contributed by atoms with Crippen molar-refractivity contribution in [3.63, 3.8) is 0 Å². The molecule has 0 aliphatic heterocycles. The highest BCUT2D eigenvalue weighted by molar-refractivity contribution is 5.87. The summed E-state index contributed by atoms with van der Waals surface area (Å²) in [6.45, 7) is 8.57. The zero-order valence-corrected chi connectivity index (χ0v) is 16.1. The van der Waals surface area contributed by atoms with Crippen molar-refractivity contribution < 1.29 is 14.3 Å². The molecule has 0 bridgehead atoms. The van der Waals surface area contributed by atoms with Gasteiger partial charge < -0.3 is 4.74 Å². The summed E-state index contributed by atoms with van der Waals surface area (Å²) in [7, 11) is 0. The first-order valence-electron chi connectivity index (χ1n) is 10.2. The Kier molecular flexibility index (Phi) is 3.94. The van der Waals surface area contributed by atoms with E-state index < -0.39 is 0 Å². The topological polar surface area (TPSA) is 43.4 Å². The molecule has 0 aromatic carbocycles. The van der Waals surface area contributed by atoms with Gasteiger partial charge in [0.1, 0.15) is 11.9 Å². The number of fused-ring (bicyclic) bond motifs is 5. The van der Waals surface area contributed by atoms with Crippen LogP contribution in [0.15, 0.2) is 11.6 Å². The maximum Gasteiger partial charge on any atom is 0.302 e. The van der Waals surface area contributed by atoms with Gasteiger partial charge in [-0.15, -0.1) is 0 Å². The lowest BCUT2D eigenvalue weighted by Crippen LogP contribution is -2.52. The summed E-state index contributed by atoms with van der Waals surface area (Å²) in [6.07, 6.45) is 9.68. The first kappa shape index (κ1) is 17.3. The second-order valence-electron chi connectivity index (χ2n) is 9.65. The van der Waals surface area contributed by atoms with E-state index in [-0.39, 0.29) is 22.9 Å². The van der Waals surface area contributed by atoms with E-state index in [1.54, 1.807) is 0 Å². The first-order chi connectivity index (χ1) is 11.8. The number of esters is 1. The fraction of sp³-hybridized carbons (Fsp3) is 0.818. The first-order valence-corrected chi connectivity index (χ1v) is 10.2. The largest absolute Gasteiger partial charge is 0.462 e. The molecule has 138 valence electrons. The monoisotopic (exact) mass is 344 g/mol. The lowest BCUT2D eigenvalue weighted by Gasteiger charge is -2.58. The van der Waals surface area contributed by atoms with Crippen LogP contribution in [0.25, 0.3) is 0 Å². The predicted molar refractivity (Wildman–Crippen MR) is 96.8 cm³/mol. The van der Waals surface area contributed by atoms with Crippen LogP contribution in [0.1, 0.15) is 72.6 Å². The van der Waals surface area contributed by atoms with Gasteiger partial charge in [-0.1, -0.05) is 32.4 Å². The predicted octanol–water partition coefficient (Wildman–Crippen LogP) is 4.70. The van der Waals surface area contributed by atoms with Crippen LogP contribution in [-0.2, 0) is 14.3 Å². The van der Waals surface area contributed by atoms with Gasteiger partial charge in [0.15, 0.2) is 0 Å². The Morgan fingerprint density at radius 2 is 1.80 bits per heavy atom. The highest BCUT2D eigenvalue weighted by atomic mass is 16.5. The average molecular weight is 344 g/mol. The van der Waals surface area contributed by atoms with Crippen molar-refractivity contribution in [2.24, 2.45) is 34.5 Å².